The number of carbonyl (C=O) groups excluding carboxylic acids is 1. The van der Waals surface area contributed by atoms with E-state index in [1.165, 1.54) is 4.57 Å². The first-order valence-electron chi connectivity index (χ1n) is 6.59. The van der Waals surface area contributed by atoms with E-state index in [9.17, 15) is 9.59 Å². The van der Waals surface area contributed by atoms with Gasteiger partial charge in [0.1, 0.15) is 5.82 Å². The monoisotopic (exact) mass is 286 g/mol. The SMILES string of the molecule is CC(C)(C)n1ccc(NC(=O)Nc2ccccc2)nc1=O. The summed E-state index contributed by atoms with van der Waals surface area (Å²) in [7, 11) is 0. The van der Waals surface area contributed by atoms with E-state index < -0.39 is 11.7 Å². The molecule has 110 valence electrons. The molecule has 0 aliphatic carbocycles. The van der Waals surface area contributed by atoms with Gasteiger partial charge in [-0.15, -0.1) is 0 Å². The summed E-state index contributed by atoms with van der Waals surface area (Å²) in [4.78, 5) is 27.6. The summed E-state index contributed by atoms with van der Waals surface area (Å²) in [6.07, 6.45) is 1.62. The molecule has 0 unspecified atom stereocenters. The van der Waals surface area contributed by atoms with Crippen molar-refractivity contribution in [1.29, 1.82) is 0 Å². The van der Waals surface area contributed by atoms with Crippen LogP contribution in [0.2, 0.25) is 0 Å². The number of para-hydroxylation sites is 1. The topological polar surface area (TPSA) is 76.0 Å². The van der Waals surface area contributed by atoms with Crippen LogP contribution in [-0.2, 0) is 5.54 Å². The highest BCUT2D eigenvalue weighted by molar-refractivity contribution is 5.99. The maximum Gasteiger partial charge on any atom is 0.349 e. The van der Waals surface area contributed by atoms with Gasteiger partial charge in [-0.25, -0.2) is 9.59 Å². The summed E-state index contributed by atoms with van der Waals surface area (Å²) in [6, 6.07) is 10.2. The Labute approximate surface area is 122 Å². The zero-order valence-corrected chi connectivity index (χ0v) is 12.3. The lowest BCUT2D eigenvalue weighted by Crippen LogP contribution is -2.35. The van der Waals surface area contributed by atoms with E-state index in [-0.39, 0.29) is 11.4 Å². The molecule has 0 aliphatic heterocycles. The average molecular weight is 286 g/mol. The van der Waals surface area contributed by atoms with Crippen LogP contribution in [0.3, 0.4) is 0 Å². The number of hydrogen-bond donors (Lipinski definition) is 2. The number of amides is 2. The first-order chi connectivity index (χ1) is 9.86. The third-order valence-corrected chi connectivity index (χ3v) is 2.80. The van der Waals surface area contributed by atoms with E-state index in [2.05, 4.69) is 15.6 Å². The van der Waals surface area contributed by atoms with Gasteiger partial charge in [-0.3, -0.25) is 9.88 Å². The molecule has 21 heavy (non-hydrogen) atoms. The fourth-order valence-corrected chi connectivity index (χ4v) is 1.78. The van der Waals surface area contributed by atoms with Crippen molar-refractivity contribution in [1.82, 2.24) is 9.55 Å². The van der Waals surface area contributed by atoms with Crippen LogP contribution < -0.4 is 16.3 Å². The molecule has 0 aliphatic rings. The first-order valence-corrected chi connectivity index (χ1v) is 6.59. The van der Waals surface area contributed by atoms with Crippen molar-refractivity contribution in [3.63, 3.8) is 0 Å². The molecule has 2 rings (SSSR count). The molecule has 6 nitrogen and oxygen atoms in total. The van der Waals surface area contributed by atoms with Gasteiger partial charge in [0, 0.05) is 17.4 Å². The van der Waals surface area contributed by atoms with Gasteiger partial charge in [0.05, 0.1) is 0 Å². The summed E-state index contributed by atoms with van der Waals surface area (Å²) in [5.41, 5.74) is -0.0902. The van der Waals surface area contributed by atoms with Crippen LogP contribution in [0.15, 0.2) is 47.4 Å². The van der Waals surface area contributed by atoms with Crippen molar-refractivity contribution in [2.45, 2.75) is 26.3 Å². The lowest BCUT2D eigenvalue weighted by Gasteiger charge is -2.21. The summed E-state index contributed by atoms with van der Waals surface area (Å²) in [5.74, 6) is 0.217. The zero-order valence-electron chi connectivity index (χ0n) is 12.3. The molecular weight excluding hydrogens is 268 g/mol. The molecule has 0 atom stereocenters. The first kappa shape index (κ1) is 14.8. The number of nitrogens with zero attached hydrogens (tertiary/aromatic N) is 2. The lowest BCUT2D eigenvalue weighted by molar-refractivity contribution is 0.262. The van der Waals surface area contributed by atoms with Gasteiger partial charge in [-0.2, -0.15) is 4.98 Å². The highest BCUT2D eigenvalue weighted by Gasteiger charge is 2.15. The molecular formula is C15H18N4O2. The third-order valence-electron chi connectivity index (χ3n) is 2.80. The normalized spacial score (nSPS) is 11.0. The summed E-state index contributed by atoms with van der Waals surface area (Å²) < 4.78 is 1.51. The van der Waals surface area contributed by atoms with Crippen LogP contribution in [0.5, 0.6) is 0 Å². The smallest absolute Gasteiger partial charge is 0.308 e. The van der Waals surface area contributed by atoms with Gasteiger partial charge in [0.2, 0.25) is 0 Å². The molecule has 1 aromatic heterocycles. The Morgan fingerprint density at radius 1 is 1.10 bits per heavy atom. The van der Waals surface area contributed by atoms with E-state index in [0.717, 1.165) is 0 Å². The molecule has 0 fully saturated rings. The van der Waals surface area contributed by atoms with Gasteiger partial charge in [0.25, 0.3) is 0 Å². The van der Waals surface area contributed by atoms with Gasteiger partial charge in [0.15, 0.2) is 0 Å². The van der Waals surface area contributed by atoms with Crippen molar-refractivity contribution in [2.24, 2.45) is 0 Å². The van der Waals surface area contributed by atoms with Crippen LogP contribution >= 0.6 is 0 Å². The van der Waals surface area contributed by atoms with Crippen molar-refractivity contribution < 1.29 is 4.79 Å². The Bertz CT molecular complexity index is 687. The van der Waals surface area contributed by atoms with Crippen LogP contribution in [0.1, 0.15) is 20.8 Å². The number of carbonyl (C=O) groups is 1. The number of benzene rings is 1. The lowest BCUT2D eigenvalue weighted by atomic mass is 10.1. The standard InChI is InChI=1S/C15H18N4O2/c1-15(2,3)19-10-9-12(18-14(19)21)17-13(20)16-11-7-5-4-6-8-11/h4-10H,1-3H3,(H2,16,17,18,20,21). The number of hydrogen-bond acceptors (Lipinski definition) is 3. The second-order valence-electron chi connectivity index (χ2n) is 5.58. The van der Waals surface area contributed by atoms with Crippen LogP contribution in [0.4, 0.5) is 16.3 Å². The molecule has 1 heterocycles. The van der Waals surface area contributed by atoms with E-state index in [4.69, 9.17) is 0 Å². The Hall–Kier alpha value is -2.63. The second-order valence-corrected chi connectivity index (χ2v) is 5.58. The summed E-state index contributed by atoms with van der Waals surface area (Å²) >= 11 is 0. The molecule has 2 N–H and O–H groups in total. The molecule has 0 saturated carbocycles. The van der Waals surface area contributed by atoms with E-state index in [1.807, 2.05) is 39.0 Å². The number of aromatic nitrogens is 2. The second kappa shape index (κ2) is 5.78. The van der Waals surface area contributed by atoms with Gasteiger partial charge < -0.3 is 5.32 Å². The molecule has 1 aromatic carbocycles. The quantitative estimate of drug-likeness (QED) is 0.891. The van der Waals surface area contributed by atoms with Crippen LogP contribution in [0.25, 0.3) is 0 Å². The Morgan fingerprint density at radius 3 is 2.33 bits per heavy atom. The number of urea groups is 1. The molecule has 2 amide bonds. The molecule has 2 aromatic rings. The minimum Gasteiger partial charge on any atom is -0.308 e. The van der Waals surface area contributed by atoms with Crippen molar-refractivity contribution in [2.75, 3.05) is 10.6 Å². The predicted octanol–water partition coefficient (Wildman–Crippen LogP) is 2.64. The van der Waals surface area contributed by atoms with Crippen molar-refractivity contribution in [3.8, 4) is 0 Å². The van der Waals surface area contributed by atoms with Gasteiger partial charge >= 0.3 is 11.7 Å². The number of nitrogens with one attached hydrogen (secondary N) is 2. The van der Waals surface area contributed by atoms with E-state index in [0.29, 0.717) is 5.69 Å². The number of anilines is 2. The Morgan fingerprint density at radius 2 is 1.76 bits per heavy atom. The summed E-state index contributed by atoms with van der Waals surface area (Å²) in [6.45, 7) is 5.72. The minimum absolute atomic E-state index is 0.217. The minimum atomic E-state index is -0.443. The largest absolute Gasteiger partial charge is 0.349 e. The van der Waals surface area contributed by atoms with E-state index >= 15 is 0 Å². The Kier molecular flexibility index (Phi) is 4.07. The van der Waals surface area contributed by atoms with Gasteiger partial charge in [-0.05, 0) is 39.0 Å². The van der Waals surface area contributed by atoms with E-state index in [1.54, 1.807) is 24.4 Å². The molecule has 0 spiro atoms. The fraction of sp³-hybridized carbons (Fsp3) is 0.267. The van der Waals surface area contributed by atoms with Crippen molar-refractivity contribution in [3.05, 3.63) is 53.1 Å². The highest BCUT2D eigenvalue weighted by atomic mass is 16.2. The molecule has 0 bridgehead atoms. The predicted molar refractivity (Wildman–Crippen MR) is 82.6 cm³/mol. The average Bonchev–Trinajstić information content (AvgIpc) is 2.38. The zero-order chi connectivity index (χ0) is 15.5. The molecule has 0 radical (unpaired) electrons. The molecule has 0 saturated heterocycles. The number of rotatable bonds is 2. The summed E-state index contributed by atoms with van der Waals surface area (Å²) in [5, 5.41) is 5.19. The van der Waals surface area contributed by atoms with Gasteiger partial charge in [-0.1, -0.05) is 18.2 Å². The van der Waals surface area contributed by atoms with Crippen molar-refractivity contribution >= 4 is 17.5 Å². The highest BCUT2D eigenvalue weighted by Crippen LogP contribution is 2.11. The maximum atomic E-state index is 11.9. The van der Waals surface area contributed by atoms with Crippen LogP contribution in [0, 0.1) is 0 Å². The fourth-order valence-electron chi connectivity index (χ4n) is 1.78. The Balaban J connectivity index is 2.09. The third kappa shape index (κ3) is 3.92. The maximum absolute atomic E-state index is 11.9. The van der Waals surface area contributed by atoms with Crippen LogP contribution in [-0.4, -0.2) is 15.6 Å². The molecule has 6 heteroatoms.